The van der Waals surface area contributed by atoms with E-state index in [4.69, 9.17) is 4.42 Å². The van der Waals surface area contributed by atoms with Crippen LogP contribution in [0.1, 0.15) is 23.0 Å². The molecule has 21 heavy (non-hydrogen) atoms. The lowest BCUT2D eigenvalue weighted by Gasteiger charge is -2.14. The van der Waals surface area contributed by atoms with Gasteiger partial charge in [0.25, 0.3) is 0 Å². The summed E-state index contributed by atoms with van der Waals surface area (Å²) in [7, 11) is 0. The van der Waals surface area contributed by atoms with Gasteiger partial charge in [-0.3, -0.25) is 0 Å². The largest absolute Gasteiger partial charge is 0.467 e. The number of anilines is 1. The number of furan rings is 1. The Labute approximate surface area is 131 Å². The fraction of sp³-hybridized carbons (Fsp3) is 0.267. The maximum atomic E-state index is 11.9. The van der Waals surface area contributed by atoms with Crippen molar-refractivity contribution in [3.05, 3.63) is 51.9 Å². The third-order valence-electron chi connectivity index (χ3n) is 3.06. The Hall–Kier alpha value is -1.79. The van der Waals surface area contributed by atoms with Crippen molar-refractivity contribution >= 4 is 27.6 Å². The summed E-state index contributed by atoms with van der Waals surface area (Å²) in [5, 5.41) is 15.2. The molecular formula is C15H17BrN2O3. The molecule has 112 valence electrons. The number of carbonyl (C=O) groups is 1. The lowest BCUT2D eigenvalue weighted by molar-refractivity contribution is 0.149. The van der Waals surface area contributed by atoms with E-state index in [0.717, 1.165) is 21.3 Å². The summed E-state index contributed by atoms with van der Waals surface area (Å²) in [5.74, 6) is 0.423. The fourth-order valence-corrected chi connectivity index (χ4v) is 2.72. The standard InChI is InChI=1S/C15H17BrN2O3/c1-9-6-11(16)7-10(2)14(9)18-15(20)17-8-12(19)13-4-3-5-21-13/h3-7,12,19H,8H2,1-2H3,(H2,17,18,20). The first kappa shape index (κ1) is 15.6. The molecule has 0 saturated heterocycles. The summed E-state index contributed by atoms with van der Waals surface area (Å²) in [5.41, 5.74) is 2.69. The van der Waals surface area contributed by atoms with Crippen molar-refractivity contribution in [2.45, 2.75) is 20.0 Å². The summed E-state index contributed by atoms with van der Waals surface area (Å²) in [6.07, 6.45) is 0.616. The number of aliphatic hydroxyl groups excluding tert-OH is 1. The van der Waals surface area contributed by atoms with E-state index < -0.39 is 6.10 Å². The molecule has 2 aromatic rings. The van der Waals surface area contributed by atoms with Gasteiger partial charge in [-0.2, -0.15) is 0 Å². The Morgan fingerprint density at radius 1 is 1.38 bits per heavy atom. The first-order valence-corrected chi connectivity index (χ1v) is 7.29. The molecule has 6 heteroatoms. The molecule has 1 atom stereocenters. The molecule has 1 aromatic heterocycles. The van der Waals surface area contributed by atoms with Crippen LogP contribution in [-0.2, 0) is 0 Å². The van der Waals surface area contributed by atoms with Crippen LogP contribution in [0.25, 0.3) is 0 Å². The van der Waals surface area contributed by atoms with Crippen LogP contribution >= 0.6 is 15.9 Å². The van der Waals surface area contributed by atoms with Gasteiger partial charge in [0, 0.05) is 10.2 Å². The van der Waals surface area contributed by atoms with Gasteiger partial charge in [0.2, 0.25) is 0 Å². The lowest BCUT2D eigenvalue weighted by Crippen LogP contribution is -2.32. The quantitative estimate of drug-likeness (QED) is 0.787. The molecular weight excluding hydrogens is 336 g/mol. The zero-order chi connectivity index (χ0) is 15.4. The van der Waals surface area contributed by atoms with Crippen LogP contribution in [0, 0.1) is 13.8 Å². The van der Waals surface area contributed by atoms with Gasteiger partial charge in [-0.05, 0) is 49.2 Å². The zero-order valence-corrected chi connectivity index (χ0v) is 13.4. The number of hydrogen-bond acceptors (Lipinski definition) is 3. The van der Waals surface area contributed by atoms with E-state index in [2.05, 4.69) is 26.6 Å². The highest BCUT2D eigenvalue weighted by atomic mass is 79.9. The molecule has 2 amide bonds. The van der Waals surface area contributed by atoms with Gasteiger partial charge in [-0.25, -0.2) is 4.79 Å². The summed E-state index contributed by atoms with van der Waals surface area (Å²) in [6.45, 7) is 3.92. The summed E-state index contributed by atoms with van der Waals surface area (Å²) >= 11 is 3.41. The monoisotopic (exact) mass is 352 g/mol. The third-order valence-corrected chi connectivity index (χ3v) is 3.52. The van der Waals surface area contributed by atoms with Gasteiger partial charge in [0.15, 0.2) is 0 Å². The highest BCUT2D eigenvalue weighted by Crippen LogP contribution is 2.25. The molecule has 0 bridgehead atoms. The number of rotatable bonds is 4. The topological polar surface area (TPSA) is 74.5 Å². The smallest absolute Gasteiger partial charge is 0.319 e. The average Bonchev–Trinajstić information content (AvgIpc) is 2.94. The second-order valence-electron chi connectivity index (χ2n) is 4.78. The van der Waals surface area contributed by atoms with Crippen LogP contribution in [0.2, 0.25) is 0 Å². The van der Waals surface area contributed by atoms with Crippen molar-refractivity contribution in [2.24, 2.45) is 0 Å². The van der Waals surface area contributed by atoms with Gasteiger partial charge < -0.3 is 20.2 Å². The third kappa shape index (κ3) is 4.09. The molecule has 2 rings (SSSR count). The Balaban J connectivity index is 1.93. The van der Waals surface area contributed by atoms with Crippen molar-refractivity contribution in [1.82, 2.24) is 5.32 Å². The van der Waals surface area contributed by atoms with Crippen molar-refractivity contribution < 1.29 is 14.3 Å². The predicted octanol–water partition coefficient (Wildman–Crippen LogP) is 3.51. The Kier molecular flexibility index (Phi) is 5.03. The zero-order valence-electron chi connectivity index (χ0n) is 11.8. The first-order valence-electron chi connectivity index (χ1n) is 6.50. The van der Waals surface area contributed by atoms with Crippen molar-refractivity contribution in [1.29, 1.82) is 0 Å². The van der Waals surface area contributed by atoms with Gasteiger partial charge >= 0.3 is 6.03 Å². The van der Waals surface area contributed by atoms with Crippen LogP contribution in [0.15, 0.2) is 39.4 Å². The molecule has 0 aliphatic rings. The Bertz CT molecular complexity index is 603. The second kappa shape index (κ2) is 6.78. The molecule has 1 aromatic carbocycles. The summed E-state index contributed by atoms with van der Waals surface area (Å²) in [6, 6.07) is 6.84. The number of hydrogen-bond donors (Lipinski definition) is 3. The molecule has 3 N–H and O–H groups in total. The summed E-state index contributed by atoms with van der Waals surface area (Å²) in [4.78, 5) is 11.9. The maximum absolute atomic E-state index is 11.9. The molecule has 0 saturated carbocycles. The van der Waals surface area contributed by atoms with Crippen LogP contribution in [0.5, 0.6) is 0 Å². The van der Waals surface area contributed by atoms with Crippen molar-refractivity contribution in [3.63, 3.8) is 0 Å². The fourth-order valence-electron chi connectivity index (χ4n) is 2.04. The first-order chi connectivity index (χ1) is 9.97. The van der Waals surface area contributed by atoms with Crippen molar-refractivity contribution in [2.75, 3.05) is 11.9 Å². The van der Waals surface area contributed by atoms with Crippen molar-refractivity contribution in [3.8, 4) is 0 Å². The van der Waals surface area contributed by atoms with Gasteiger partial charge in [0.1, 0.15) is 11.9 Å². The lowest BCUT2D eigenvalue weighted by atomic mass is 10.1. The molecule has 0 aliphatic heterocycles. The minimum absolute atomic E-state index is 0.0774. The van der Waals surface area contributed by atoms with Crippen LogP contribution in [0.3, 0.4) is 0 Å². The van der Waals surface area contributed by atoms with E-state index in [1.54, 1.807) is 12.1 Å². The van der Waals surface area contributed by atoms with Gasteiger partial charge in [0.05, 0.1) is 12.8 Å². The SMILES string of the molecule is Cc1cc(Br)cc(C)c1NC(=O)NCC(O)c1ccco1. The number of urea groups is 1. The van der Waals surface area contributed by atoms with Gasteiger partial charge in [-0.1, -0.05) is 15.9 Å². The second-order valence-corrected chi connectivity index (χ2v) is 5.70. The number of halogens is 1. The van der Waals surface area contributed by atoms with Crippen LogP contribution < -0.4 is 10.6 Å². The number of aliphatic hydroxyl groups is 1. The highest BCUT2D eigenvalue weighted by Gasteiger charge is 2.13. The maximum Gasteiger partial charge on any atom is 0.319 e. The molecule has 5 nitrogen and oxygen atoms in total. The normalized spacial score (nSPS) is 12.0. The molecule has 0 aliphatic carbocycles. The van der Waals surface area contributed by atoms with Crippen LogP contribution in [0.4, 0.5) is 10.5 Å². The van der Waals surface area contributed by atoms with Gasteiger partial charge in [-0.15, -0.1) is 0 Å². The van der Waals surface area contributed by atoms with E-state index in [-0.39, 0.29) is 12.6 Å². The predicted molar refractivity (Wildman–Crippen MR) is 84.3 cm³/mol. The number of benzene rings is 1. The minimum Gasteiger partial charge on any atom is -0.467 e. The molecule has 0 fully saturated rings. The van der Waals surface area contributed by atoms with E-state index in [1.807, 2.05) is 26.0 Å². The Morgan fingerprint density at radius 3 is 2.62 bits per heavy atom. The van der Waals surface area contributed by atoms with E-state index in [0.29, 0.717) is 5.76 Å². The number of nitrogens with one attached hydrogen (secondary N) is 2. The number of aryl methyl sites for hydroxylation is 2. The van der Waals surface area contributed by atoms with Crippen LogP contribution in [-0.4, -0.2) is 17.7 Å². The molecule has 1 heterocycles. The van der Waals surface area contributed by atoms with E-state index in [1.165, 1.54) is 6.26 Å². The van der Waals surface area contributed by atoms with E-state index in [9.17, 15) is 9.90 Å². The minimum atomic E-state index is -0.863. The number of amides is 2. The number of carbonyl (C=O) groups excluding carboxylic acids is 1. The average molecular weight is 353 g/mol. The molecule has 0 spiro atoms. The molecule has 0 radical (unpaired) electrons. The highest BCUT2D eigenvalue weighted by molar-refractivity contribution is 9.10. The summed E-state index contributed by atoms with van der Waals surface area (Å²) < 4.78 is 6.04. The van der Waals surface area contributed by atoms with E-state index >= 15 is 0 Å². The molecule has 1 unspecified atom stereocenters. The Morgan fingerprint density at radius 2 is 2.05 bits per heavy atom.